The molecule has 0 heterocycles. The number of aliphatic hydroxyl groups excluding tert-OH is 2. The number of hydrogen-bond donors (Lipinski definition) is 6. The lowest BCUT2D eigenvalue weighted by Gasteiger charge is -2.23. The quantitative estimate of drug-likeness (QED) is 0.0370. The maximum absolute atomic E-state index is 14.0. The molecule has 0 fully saturated rings. The molecule has 67 heavy (non-hydrogen) atoms. The van der Waals surface area contributed by atoms with Crippen molar-refractivity contribution in [2.75, 3.05) is 6.61 Å². The fourth-order valence-corrected chi connectivity index (χ4v) is 9.41. The number of aliphatic hydroxyl groups is 2. The van der Waals surface area contributed by atoms with Crippen LogP contribution in [0.1, 0.15) is 78.3 Å². The molecule has 0 aliphatic carbocycles. The molecule has 0 bridgehead atoms. The summed E-state index contributed by atoms with van der Waals surface area (Å²) < 4.78 is 6.05. The topological polar surface area (TPSA) is 166 Å². The number of amides is 4. The molecule has 340 valence electrons. The molecular weight excluding hydrogens is 841 g/mol. The summed E-state index contributed by atoms with van der Waals surface area (Å²) >= 11 is 0. The van der Waals surface area contributed by atoms with E-state index in [2.05, 4.69) is 101 Å². The minimum Gasteiger partial charge on any atom is -0.494 e. The van der Waals surface area contributed by atoms with E-state index in [1.807, 2.05) is 36.4 Å². The summed E-state index contributed by atoms with van der Waals surface area (Å²) in [4.78, 5) is 55.6. The van der Waals surface area contributed by atoms with Crippen molar-refractivity contribution in [2.45, 2.75) is 83.8 Å². The normalized spacial score (nSPS) is 13.6. The highest BCUT2D eigenvalue weighted by Gasteiger charge is 2.29. The van der Waals surface area contributed by atoms with Gasteiger partial charge in [-0.15, -0.1) is 0 Å². The van der Waals surface area contributed by atoms with Crippen molar-refractivity contribution in [2.24, 2.45) is 0 Å². The third-order valence-corrected chi connectivity index (χ3v) is 12.9. The minimum atomic E-state index is -1.35. The Morgan fingerprint density at radius 3 is 1.33 bits per heavy atom. The molecule has 0 spiro atoms. The summed E-state index contributed by atoms with van der Waals surface area (Å²) in [5, 5.41) is 46.0. The van der Waals surface area contributed by atoms with E-state index >= 15 is 0 Å². The van der Waals surface area contributed by atoms with E-state index in [9.17, 15) is 29.4 Å². The van der Waals surface area contributed by atoms with Crippen molar-refractivity contribution < 1.29 is 34.1 Å². The average molecular weight is 895 g/mol. The van der Waals surface area contributed by atoms with Crippen molar-refractivity contribution in [3.8, 4) is 5.75 Å². The van der Waals surface area contributed by atoms with Gasteiger partial charge in [0.1, 0.15) is 17.8 Å². The molecular formula is C56H54N4O7. The SMILES string of the molecule is CCCCCCOc1cc(C(=O)N[C@H](C(=O)NCc2ccc3ccc4cccc5ccc2c3c45)[C@@H](C)O)cc(C(=O)N[C@H](C(=O)NCc2ccc3ccc4cccc5ccc2c3c45)[C@@H](C)O)c1. The van der Waals surface area contributed by atoms with Crippen LogP contribution in [0.3, 0.4) is 0 Å². The Morgan fingerprint density at radius 2 is 0.910 bits per heavy atom. The summed E-state index contributed by atoms with van der Waals surface area (Å²) in [6, 6.07) is 38.6. The van der Waals surface area contributed by atoms with Gasteiger partial charge >= 0.3 is 0 Å². The second kappa shape index (κ2) is 19.2. The van der Waals surface area contributed by atoms with E-state index in [1.165, 1.54) is 32.0 Å². The Bertz CT molecular complexity index is 3050. The standard InChI is InChI=1S/C56H54N4O7/c1-4-5-6-7-26-67-44-28-42(53(63)59-51(32(2)61)55(65)57-30-40-20-18-38-16-14-34-10-8-12-36-22-24-45(40)49(38)47(34)36)27-43(29-44)54(64)60-52(33(3)62)56(66)58-31-41-21-19-39-17-15-35-11-9-13-37-23-25-46(41)50(39)48(35)37/h8-25,27-29,32-33,51-52,61-62H,4-7,26,30-31H2,1-3H3,(H,57,65)(H,58,66)(H,59,63)(H,60,64)/t32-,33-,51+,52+/m1/s1. The van der Waals surface area contributed by atoms with E-state index in [-0.39, 0.29) is 30.0 Å². The molecule has 11 nitrogen and oxygen atoms in total. The summed E-state index contributed by atoms with van der Waals surface area (Å²) in [5.41, 5.74) is 1.75. The highest BCUT2D eigenvalue weighted by molar-refractivity contribution is 6.24. The van der Waals surface area contributed by atoms with Gasteiger partial charge in [0.05, 0.1) is 18.8 Å². The molecule has 4 amide bonds. The molecule has 11 heteroatoms. The molecule has 0 saturated heterocycles. The smallest absolute Gasteiger partial charge is 0.252 e. The Hall–Kier alpha value is -7.34. The third kappa shape index (κ3) is 9.12. The van der Waals surface area contributed by atoms with Gasteiger partial charge in [-0.3, -0.25) is 19.2 Å². The van der Waals surface area contributed by atoms with Crippen LogP contribution in [0.5, 0.6) is 5.75 Å². The highest BCUT2D eigenvalue weighted by Crippen LogP contribution is 2.37. The number of carbonyl (C=O) groups is 4. The fraction of sp³-hybridized carbons (Fsp3) is 0.250. The second-order valence-corrected chi connectivity index (χ2v) is 17.6. The number of carbonyl (C=O) groups excluding carboxylic acids is 4. The molecule has 9 rings (SSSR count). The number of rotatable bonds is 18. The number of unbranched alkanes of at least 4 members (excludes halogenated alkanes) is 3. The van der Waals surface area contributed by atoms with Crippen LogP contribution in [-0.2, 0) is 22.7 Å². The lowest BCUT2D eigenvalue weighted by atomic mass is 9.92. The molecule has 0 unspecified atom stereocenters. The van der Waals surface area contributed by atoms with Gasteiger partial charge in [0.25, 0.3) is 11.8 Å². The Morgan fingerprint density at radius 1 is 0.507 bits per heavy atom. The maximum atomic E-state index is 14.0. The van der Waals surface area contributed by atoms with Crippen molar-refractivity contribution in [3.63, 3.8) is 0 Å². The summed E-state index contributed by atoms with van der Waals surface area (Å²) in [7, 11) is 0. The molecule has 0 aromatic heterocycles. The van der Waals surface area contributed by atoms with Gasteiger partial charge in [-0.2, -0.15) is 0 Å². The molecule has 0 aliphatic rings. The van der Waals surface area contributed by atoms with Crippen LogP contribution >= 0.6 is 0 Å². The molecule has 0 aliphatic heterocycles. The first-order valence-corrected chi connectivity index (χ1v) is 23.1. The van der Waals surface area contributed by atoms with E-state index < -0.39 is 47.9 Å². The van der Waals surface area contributed by atoms with E-state index in [0.717, 1.165) is 101 Å². The molecule has 4 atom stereocenters. The van der Waals surface area contributed by atoms with Gasteiger partial charge in [0.15, 0.2) is 0 Å². The zero-order valence-electron chi connectivity index (χ0n) is 37.8. The maximum Gasteiger partial charge on any atom is 0.252 e. The summed E-state index contributed by atoms with van der Waals surface area (Å²) in [6.45, 7) is 5.56. The zero-order valence-corrected chi connectivity index (χ0v) is 37.8. The third-order valence-electron chi connectivity index (χ3n) is 12.9. The minimum absolute atomic E-state index is 0.00602. The van der Waals surface area contributed by atoms with Crippen LogP contribution in [0.2, 0.25) is 0 Å². The van der Waals surface area contributed by atoms with Gasteiger partial charge in [-0.1, -0.05) is 135 Å². The van der Waals surface area contributed by atoms with Crippen LogP contribution in [-0.4, -0.2) is 64.7 Å². The number of ether oxygens (including phenoxy) is 1. The van der Waals surface area contributed by atoms with E-state index in [0.29, 0.717) is 6.61 Å². The van der Waals surface area contributed by atoms with Gasteiger partial charge < -0.3 is 36.2 Å². The largest absolute Gasteiger partial charge is 0.494 e. The Balaban J connectivity index is 0.910. The van der Waals surface area contributed by atoms with Crippen LogP contribution < -0.4 is 26.0 Å². The van der Waals surface area contributed by atoms with Crippen molar-refractivity contribution in [1.82, 2.24) is 21.3 Å². The van der Waals surface area contributed by atoms with Crippen LogP contribution in [0, 0.1) is 0 Å². The Kier molecular flexibility index (Phi) is 12.9. The van der Waals surface area contributed by atoms with Gasteiger partial charge in [-0.25, -0.2) is 0 Å². The predicted molar refractivity (Wildman–Crippen MR) is 266 cm³/mol. The number of benzene rings is 9. The van der Waals surface area contributed by atoms with Crippen molar-refractivity contribution >= 4 is 88.3 Å². The molecule has 6 N–H and O–H groups in total. The zero-order chi connectivity index (χ0) is 46.8. The lowest BCUT2D eigenvalue weighted by molar-refractivity contribution is -0.126. The average Bonchev–Trinajstić information content (AvgIpc) is 3.34. The first kappa shape index (κ1) is 44.8. The number of hydrogen-bond acceptors (Lipinski definition) is 7. The van der Waals surface area contributed by atoms with Crippen molar-refractivity contribution in [1.29, 1.82) is 0 Å². The fourth-order valence-electron chi connectivity index (χ4n) is 9.41. The predicted octanol–water partition coefficient (Wildman–Crippen LogP) is 9.03. The van der Waals surface area contributed by atoms with E-state index in [4.69, 9.17) is 4.74 Å². The van der Waals surface area contributed by atoms with Crippen LogP contribution in [0.4, 0.5) is 0 Å². The molecule has 9 aromatic carbocycles. The van der Waals surface area contributed by atoms with Crippen molar-refractivity contribution in [3.05, 3.63) is 150 Å². The first-order chi connectivity index (χ1) is 32.5. The molecule has 0 saturated carbocycles. The van der Waals surface area contributed by atoms with Gasteiger partial charge in [0.2, 0.25) is 11.8 Å². The van der Waals surface area contributed by atoms with Crippen LogP contribution in [0.15, 0.2) is 127 Å². The Labute approximate surface area is 388 Å². The molecule has 9 aromatic rings. The highest BCUT2D eigenvalue weighted by atomic mass is 16.5. The lowest BCUT2D eigenvalue weighted by Crippen LogP contribution is -2.52. The van der Waals surface area contributed by atoms with E-state index in [1.54, 1.807) is 0 Å². The van der Waals surface area contributed by atoms with Gasteiger partial charge in [-0.05, 0) is 114 Å². The summed E-state index contributed by atoms with van der Waals surface area (Å²) in [6.07, 6.45) is 1.18. The molecule has 0 radical (unpaired) electrons. The van der Waals surface area contributed by atoms with Crippen LogP contribution in [0.25, 0.3) is 64.6 Å². The summed E-state index contributed by atoms with van der Waals surface area (Å²) in [5.74, 6) is -2.42. The monoisotopic (exact) mass is 894 g/mol. The second-order valence-electron chi connectivity index (χ2n) is 17.6. The first-order valence-electron chi connectivity index (χ1n) is 23.1. The van der Waals surface area contributed by atoms with Gasteiger partial charge in [0, 0.05) is 24.2 Å². The number of nitrogens with one attached hydrogen (secondary N) is 4.